The van der Waals surface area contributed by atoms with Gasteiger partial charge in [0, 0.05) is 22.0 Å². The molecule has 3 aromatic rings. The largest absolute Gasteiger partial charge is 0.494 e. The number of hydrogen-bond acceptors (Lipinski definition) is 5. The molecule has 1 aliphatic rings. The van der Waals surface area contributed by atoms with Crippen LogP contribution in [0.3, 0.4) is 0 Å². The first-order valence-electron chi connectivity index (χ1n) is 9.80. The maximum absolute atomic E-state index is 12.0. The molecule has 30 heavy (non-hydrogen) atoms. The molecule has 0 atom stereocenters. The second-order valence-corrected chi connectivity index (χ2v) is 7.88. The number of para-hydroxylation sites is 1. The van der Waals surface area contributed by atoms with Gasteiger partial charge < -0.3 is 15.4 Å². The number of fused-ring (bicyclic) bond motifs is 2. The van der Waals surface area contributed by atoms with Crippen LogP contribution in [0.2, 0.25) is 0 Å². The van der Waals surface area contributed by atoms with Crippen molar-refractivity contribution in [3.8, 4) is 5.88 Å². The van der Waals surface area contributed by atoms with Crippen molar-refractivity contribution >= 4 is 50.0 Å². The van der Waals surface area contributed by atoms with Gasteiger partial charge in [-0.3, -0.25) is 4.84 Å². The van der Waals surface area contributed by atoms with Crippen LogP contribution in [-0.4, -0.2) is 34.2 Å². The number of halogens is 1. The minimum absolute atomic E-state index is 0.0219. The summed E-state index contributed by atoms with van der Waals surface area (Å²) in [6.45, 7) is 2.63. The molecule has 8 heteroatoms. The lowest BCUT2D eigenvalue weighted by atomic mass is 10.0. The fourth-order valence-corrected chi connectivity index (χ4v) is 3.78. The van der Waals surface area contributed by atoms with Crippen molar-refractivity contribution in [2.75, 3.05) is 6.54 Å². The van der Waals surface area contributed by atoms with E-state index in [9.17, 15) is 9.90 Å². The Hall–Kier alpha value is -3.13. The van der Waals surface area contributed by atoms with Crippen LogP contribution in [0, 0.1) is 0 Å². The summed E-state index contributed by atoms with van der Waals surface area (Å²) in [6, 6.07) is 13.1. The summed E-state index contributed by atoms with van der Waals surface area (Å²) in [4.78, 5) is 24.8. The van der Waals surface area contributed by atoms with E-state index < -0.39 is 6.09 Å². The van der Waals surface area contributed by atoms with Crippen LogP contribution in [-0.2, 0) is 4.84 Å². The molecule has 7 nitrogen and oxygen atoms in total. The molecule has 0 aliphatic carbocycles. The zero-order valence-electron chi connectivity index (χ0n) is 16.4. The first-order valence-corrected chi connectivity index (χ1v) is 10.6. The van der Waals surface area contributed by atoms with Crippen molar-refractivity contribution in [2.24, 2.45) is 10.1 Å². The first kappa shape index (κ1) is 20.2. The summed E-state index contributed by atoms with van der Waals surface area (Å²) >= 11 is 3.44. The number of nitrogens with one attached hydrogen (secondary N) is 2. The van der Waals surface area contributed by atoms with E-state index in [2.05, 4.69) is 43.3 Å². The molecule has 2 aromatic carbocycles. The monoisotopic (exact) mass is 468 g/mol. The van der Waals surface area contributed by atoms with E-state index in [1.54, 1.807) is 0 Å². The molecule has 0 saturated heterocycles. The topological polar surface area (TPSA) is 99.1 Å². The summed E-state index contributed by atoms with van der Waals surface area (Å²) in [5, 5.41) is 18.2. The average Bonchev–Trinajstić information content (AvgIpc) is 3.25. The number of H-pyrrole nitrogens is 1. The number of benzene rings is 2. The lowest BCUT2D eigenvalue weighted by Crippen LogP contribution is -2.25. The van der Waals surface area contributed by atoms with Crippen molar-refractivity contribution < 1.29 is 14.7 Å². The number of aromatic hydroxyl groups is 1. The molecule has 0 fully saturated rings. The Morgan fingerprint density at radius 3 is 2.93 bits per heavy atom. The molecule has 2 heterocycles. The number of unbranched alkanes of at least 4 members (excludes halogenated alkanes) is 2. The number of oxime groups is 1. The lowest BCUT2D eigenvalue weighted by molar-refractivity contribution is 0.151. The number of aromatic nitrogens is 1. The summed E-state index contributed by atoms with van der Waals surface area (Å²) in [5.74, 6) is -0.0219. The van der Waals surface area contributed by atoms with E-state index in [0.29, 0.717) is 29.2 Å². The van der Waals surface area contributed by atoms with Gasteiger partial charge in [-0.25, -0.2) is 9.79 Å². The van der Waals surface area contributed by atoms with Gasteiger partial charge in [0.25, 0.3) is 0 Å². The van der Waals surface area contributed by atoms with Crippen molar-refractivity contribution in [2.45, 2.75) is 26.2 Å². The predicted octanol–water partition coefficient (Wildman–Crippen LogP) is 5.39. The van der Waals surface area contributed by atoms with E-state index in [4.69, 9.17) is 4.84 Å². The molecular weight excluding hydrogens is 448 g/mol. The molecule has 0 saturated carbocycles. The number of aromatic amines is 1. The Labute approximate surface area is 182 Å². The van der Waals surface area contributed by atoms with Crippen LogP contribution in [0.4, 0.5) is 10.5 Å². The minimum atomic E-state index is -0.616. The van der Waals surface area contributed by atoms with Gasteiger partial charge in [0.15, 0.2) is 5.88 Å². The highest BCUT2D eigenvalue weighted by Crippen LogP contribution is 2.36. The molecule has 0 spiro atoms. The summed E-state index contributed by atoms with van der Waals surface area (Å²) in [5.41, 5.74) is 3.54. The van der Waals surface area contributed by atoms with Gasteiger partial charge >= 0.3 is 6.09 Å². The number of carbonyl (C=O) groups is 1. The van der Waals surface area contributed by atoms with Crippen LogP contribution in [0.15, 0.2) is 57.1 Å². The van der Waals surface area contributed by atoms with E-state index in [1.165, 1.54) is 0 Å². The average molecular weight is 469 g/mol. The van der Waals surface area contributed by atoms with Crippen LogP contribution >= 0.6 is 15.9 Å². The summed E-state index contributed by atoms with van der Waals surface area (Å²) in [7, 11) is 0. The van der Waals surface area contributed by atoms with E-state index in [1.807, 2.05) is 42.5 Å². The molecule has 0 bridgehead atoms. The molecule has 3 N–H and O–H groups in total. The fraction of sp³-hybridized carbons (Fsp3) is 0.227. The van der Waals surface area contributed by atoms with Crippen molar-refractivity contribution in [3.05, 3.63) is 58.1 Å². The molecule has 0 radical (unpaired) electrons. The van der Waals surface area contributed by atoms with Gasteiger partial charge in [0.2, 0.25) is 0 Å². The minimum Gasteiger partial charge on any atom is -0.494 e. The van der Waals surface area contributed by atoms with Gasteiger partial charge in [0.05, 0.1) is 16.8 Å². The predicted molar refractivity (Wildman–Crippen MR) is 121 cm³/mol. The van der Waals surface area contributed by atoms with E-state index in [0.717, 1.165) is 40.2 Å². The van der Waals surface area contributed by atoms with Crippen LogP contribution in [0.1, 0.15) is 37.3 Å². The first-order chi connectivity index (χ1) is 14.6. The number of amides is 1. The second-order valence-electron chi connectivity index (χ2n) is 6.97. The van der Waals surface area contributed by atoms with Gasteiger partial charge in [-0.15, -0.1) is 0 Å². The summed E-state index contributed by atoms with van der Waals surface area (Å²) < 4.78 is 0.886. The second kappa shape index (κ2) is 8.71. The van der Waals surface area contributed by atoms with Gasteiger partial charge in [-0.2, -0.15) is 0 Å². The Kier molecular flexibility index (Phi) is 5.85. The Morgan fingerprint density at radius 1 is 1.27 bits per heavy atom. The maximum atomic E-state index is 12.0. The van der Waals surface area contributed by atoms with Gasteiger partial charge in [-0.1, -0.05) is 65.1 Å². The van der Waals surface area contributed by atoms with Crippen molar-refractivity contribution in [1.82, 2.24) is 10.3 Å². The number of rotatable bonds is 6. The molecule has 1 amide bonds. The van der Waals surface area contributed by atoms with Crippen LogP contribution in [0.5, 0.6) is 5.88 Å². The number of aliphatic imine (C=N–C) groups is 1. The number of carbonyl (C=O) groups excluding carboxylic acids is 1. The number of hydrogen-bond donors (Lipinski definition) is 3. The van der Waals surface area contributed by atoms with E-state index in [-0.39, 0.29) is 5.88 Å². The SMILES string of the molecule is CCCCCNC(=O)O/N=C1/C(c2c(O)[nH]c3cc(Br)ccc23)=Nc2ccccc21. The summed E-state index contributed by atoms with van der Waals surface area (Å²) in [6.07, 6.45) is 2.38. The third-order valence-electron chi connectivity index (χ3n) is 4.86. The van der Waals surface area contributed by atoms with Crippen molar-refractivity contribution in [1.29, 1.82) is 0 Å². The molecular formula is C22H21BrN4O3. The zero-order valence-corrected chi connectivity index (χ0v) is 18.0. The lowest BCUT2D eigenvalue weighted by Gasteiger charge is -2.05. The smallest absolute Gasteiger partial charge is 0.433 e. The molecule has 154 valence electrons. The highest BCUT2D eigenvalue weighted by atomic mass is 79.9. The molecule has 4 rings (SSSR count). The zero-order chi connectivity index (χ0) is 21.1. The molecule has 0 unspecified atom stereocenters. The highest BCUT2D eigenvalue weighted by molar-refractivity contribution is 9.10. The Balaban J connectivity index is 1.67. The fourth-order valence-electron chi connectivity index (χ4n) is 3.42. The van der Waals surface area contributed by atoms with E-state index >= 15 is 0 Å². The third-order valence-corrected chi connectivity index (χ3v) is 5.36. The highest BCUT2D eigenvalue weighted by Gasteiger charge is 2.29. The van der Waals surface area contributed by atoms with Crippen LogP contribution in [0.25, 0.3) is 10.9 Å². The van der Waals surface area contributed by atoms with Crippen LogP contribution < -0.4 is 5.32 Å². The normalized spacial score (nSPS) is 14.1. The standard InChI is InChI=1S/C22H21BrN4O3/c1-2-3-6-11-24-22(29)30-27-19-15-7-4-5-8-16(15)25-20(19)18-14-10-9-13(23)12-17(14)26-21(18)28/h4-5,7-10,12,26,28H,2-3,6,11H2,1H3,(H,24,29)/b27-19+. The molecule has 1 aromatic heterocycles. The molecule has 1 aliphatic heterocycles. The Bertz CT molecular complexity index is 1170. The van der Waals surface area contributed by atoms with Gasteiger partial charge in [-0.05, 0) is 24.6 Å². The third kappa shape index (κ3) is 3.95. The Morgan fingerprint density at radius 2 is 2.10 bits per heavy atom. The van der Waals surface area contributed by atoms with Gasteiger partial charge in [0.1, 0.15) is 11.4 Å². The van der Waals surface area contributed by atoms with Crippen molar-refractivity contribution in [3.63, 3.8) is 0 Å². The number of nitrogens with zero attached hydrogens (tertiary/aromatic N) is 2. The quantitative estimate of drug-likeness (QED) is 0.256. The maximum Gasteiger partial charge on any atom is 0.433 e.